The molecule has 1 fully saturated rings. The van der Waals surface area contributed by atoms with Crippen LogP contribution in [0.5, 0.6) is 5.75 Å². The van der Waals surface area contributed by atoms with Crippen LogP contribution in [0.2, 0.25) is 0 Å². The molecule has 2 N–H and O–H groups in total. The highest BCUT2D eigenvalue weighted by molar-refractivity contribution is 5.98. The molecule has 7 heteroatoms. The lowest BCUT2D eigenvalue weighted by Crippen LogP contribution is -2.48. The number of nitrogens with one attached hydrogen (secondary N) is 1. The number of aliphatic hydroxyl groups excluding tert-OH is 1. The predicted octanol–water partition coefficient (Wildman–Crippen LogP) is 3.11. The second-order valence-corrected chi connectivity index (χ2v) is 9.30. The molecule has 0 saturated carbocycles. The Bertz CT molecular complexity index is 1220. The molecule has 2 atom stereocenters. The van der Waals surface area contributed by atoms with Crippen LogP contribution in [0.4, 0.5) is 0 Å². The van der Waals surface area contributed by atoms with Crippen molar-refractivity contribution in [2.45, 2.75) is 45.3 Å². The van der Waals surface area contributed by atoms with E-state index < -0.39 is 6.10 Å². The minimum Gasteiger partial charge on any atom is -0.492 e. The molecule has 1 aromatic heterocycles. The lowest BCUT2D eigenvalue weighted by atomic mass is 9.91. The number of aromatic nitrogens is 2. The maximum atomic E-state index is 13.2. The van der Waals surface area contributed by atoms with Gasteiger partial charge in [0.1, 0.15) is 5.75 Å². The van der Waals surface area contributed by atoms with Gasteiger partial charge < -0.3 is 19.9 Å². The van der Waals surface area contributed by atoms with Crippen molar-refractivity contribution in [2.24, 2.45) is 7.05 Å². The van der Waals surface area contributed by atoms with Gasteiger partial charge in [0.15, 0.2) is 0 Å². The first-order valence-corrected chi connectivity index (χ1v) is 11.8. The molecule has 0 spiro atoms. The van der Waals surface area contributed by atoms with Gasteiger partial charge in [-0.1, -0.05) is 24.3 Å². The summed E-state index contributed by atoms with van der Waals surface area (Å²) in [6, 6.07) is 10.2. The highest BCUT2D eigenvalue weighted by Gasteiger charge is 2.29. The van der Waals surface area contributed by atoms with Crippen molar-refractivity contribution < 1.29 is 19.4 Å². The van der Waals surface area contributed by atoms with Crippen LogP contribution in [0.3, 0.4) is 0 Å². The van der Waals surface area contributed by atoms with Crippen LogP contribution in [0, 0.1) is 13.8 Å². The van der Waals surface area contributed by atoms with Crippen LogP contribution in [0.25, 0.3) is 11.1 Å². The number of hydrogen-bond donors (Lipinski definition) is 2. The summed E-state index contributed by atoms with van der Waals surface area (Å²) in [5, 5.41) is 17.6. The van der Waals surface area contributed by atoms with E-state index in [1.807, 2.05) is 30.9 Å². The highest BCUT2D eigenvalue weighted by atomic mass is 16.5. The van der Waals surface area contributed by atoms with Gasteiger partial charge in [-0.2, -0.15) is 5.10 Å². The van der Waals surface area contributed by atoms with Crippen molar-refractivity contribution in [2.75, 3.05) is 19.8 Å². The smallest absolute Gasteiger partial charge is 0.255 e. The third-order valence-electron chi connectivity index (χ3n) is 6.93. The van der Waals surface area contributed by atoms with E-state index in [1.165, 1.54) is 11.1 Å². The van der Waals surface area contributed by atoms with Crippen LogP contribution < -0.4 is 10.1 Å². The van der Waals surface area contributed by atoms with Crippen molar-refractivity contribution in [3.05, 3.63) is 70.0 Å². The largest absolute Gasteiger partial charge is 0.492 e. The van der Waals surface area contributed by atoms with Crippen LogP contribution in [-0.4, -0.2) is 52.8 Å². The van der Waals surface area contributed by atoms with E-state index in [2.05, 4.69) is 41.6 Å². The van der Waals surface area contributed by atoms with E-state index in [1.54, 1.807) is 0 Å². The second kappa shape index (κ2) is 9.24. The van der Waals surface area contributed by atoms with Crippen LogP contribution in [-0.2, 0) is 24.6 Å². The monoisotopic (exact) mass is 461 g/mol. The number of ether oxygens (including phenoxy) is 2. The molecule has 34 heavy (non-hydrogen) atoms. The summed E-state index contributed by atoms with van der Waals surface area (Å²) in [6.07, 6.45) is 3.46. The minimum atomic E-state index is -0.696. The number of aryl methyl sites for hydroxylation is 2. The van der Waals surface area contributed by atoms with E-state index in [4.69, 9.17) is 9.47 Å². The van der Waals surface area contributed by atoms with Gasteiger partial charge in [0, 0.05) is 37.4 Å². The summed E-state index contributed by atoms with van der Waals surface area (Å²) in [5.74, 6) is 0.482. The van der Waals surface area contributed by atoms with Crippen LogP contribution >= 0.6 is 0 Å². The summed E-state index contributed by atoms with van der Waals surface area (Å²) in [7, 11) is 1.93. The van der Waals surface area contributed by atoms with Crippen molar-refractivity contribution in [1.29, 1.82) is 0 Å². The number of rotatable bonds is 5. The SMILES string of the molecule is Cc1nn(C)cc1-c1ccc(Cc2cc(C(=O)NC3CCOC[C@@H]3O)c3c(c2C)CCO3)cc1. The van der Waals surface area contributed by atoms with Gasteiger partial charge in [-0.15, -0.1) is 0 Å². The number of aliphatic hydroxyl groups is 1. The number of nitrogens with zero attached hydrogens (tertiary/aromatic N) is 2. The number of amides is 1. The van der Waals surface area contributed by atoms with Gasteiger partial charge in [-0.3, -0.25) is 9.48 Å². The fourth-order valence-electron chi connectivity index (χ4n) is 4.99. The first-order chi connectivity index (χ1) is 16.4. The minimum absolute atomic E-state index is 0.201. The standard InChI is InChI=1S/C27H31N3O4/c1-16-20(12-18-4-6-19(7-5-18)23-14-30(3)29-17(23)2)13-22(26-21(16)8-11-34-26)27(32)28-24-9-10-33-15-25(24)31/h4-7,13-14,24-25,31H,8-12,15H2,1-3H3,(H,28,32)/t24?,25-/m0/s1. The molecule has 1 saturated heterocycles. The predicted molar refractivity (Wildman–Crippen MR) is 129 cm³/mol. The van der Waals surface area contributed by atoms with Gasteiger partial charge in [0.2, 0.25) is 0 Å². The molecule has 1 amide bonds. The fourth-order valence-corrected chi connectivity index (χ4v) is 4.99. The zero-order valence-corrected chi connectivity index (χ0v) is 19.9. The van der Waals surface area contributed by atoms with Gasteiger partial charge in [-0.25, -0.2) is 0 Å². The first-order valence-electron chi connectivity index (χ1n) is 11.8. The Kier molecular flexibility index (Phi) is 6.15. The third-order valence-corrected chi connectivity index (χ3v) is 6.93. The summed E-state index contributed by atoms with van der Waals surface area (Å²) < 4.78 is 13.0. The zero-order valence-electron chi connectivity index (χ0n) is 19.9. The molecule has 0 aliphatic carbocycles. The maximum absolute atomic E-state index is 13.2. The molecule has 178 valence electrons. The maximum Gasteiger partial charge on any atom is 0.255 e. The highest BCUT2D eigenvalue weighted by Crippen LogP contribution is 2.36. The molecule has 0 bridgehead atoms. The Morgan fingerprint density at radius 1 is 1.24 bits per heavy atom. The lowest BCUT2D eigenvalue weighted by molar-refractivity contribution is -0.0261. The van der Waals surface area contributed by atoms with Crippen molar-refractivity contribution >= 4 is 5.91 Å². The van der Waals surface area contributed by atoms with Gasteiger partial charge in [-0.05, 0) is 55.0 Å². The van der Waals surface area contributed by atoms with Crippen LogP contribution in [0.15, 0.2) is 36.5 Å². The number of hydrogen-bond acceptors (Lipinski definition) is 5. The third kappa shape index (κ3) is 4.33. The van der Waals surface area contributed by atoms with Gasteiger partial charge in [0.05, 0.1) is 36.6 Å². The topological polar surface area (TPSA) is 85.6 Å². The van der Waals surface area contributed by atoms with Crippen LogP contribution in [0.1, 0.15) is 44.7 Å². The quantitative estimate of drug-likeness (QED) is 0.610. The Labute approximate surface area is 199 Å². The average Bonchev–Trinajstić information content (AvgIpc) is 3.44. The molecule has 1 unspecified atom stereocenters. The molecule has 7 nitrogen and oxygen atoms in total. The average molecular weight is 462 g/mol. The first kappa shape index (κ1) is 22.6. The van der Waals surface area contributed by atoms with E-state index in [-0.39, 0.29) is 18.6 Å². The molecule has 3 aromatic rings. The molecule has 2 aliphatic rings. The van der Waals surface area contributed by atoms with Crippen molar-refractivity contribution in [1.82, 2.24) is 15.1 Å². The molecule has 5 rings (SSSR count). The Morgan fingerprint density at radius 3 is 2.74 bits per heavy atom. The number of carbonyl (C=O) groups is 1. The molecule has 3 heterocycles. The fraction of sp³-hybridized carbons (Fsp3) is 0.407. The number of carbonyl (C=O) groups excluding carboxylic acids is 1. The number of fused-ring (bicyclic) bond motifs is 1. The summed E-state index contributed by atoms with van der Waals surface area (Å²) in [5.41, 5.74) is 8.42. The van der Waals surface area contributed by atoms with Crippen molar-refractivity contribution in [3.8, 4) is 16.9 Å². The Hall–Kier alpha value is -3.16. The summed E-state index contributed by atoms with van der Waals surface area (Å²) in [4.78, 5) is 13.2. The molecular weight excluding hydrogens is 430 g/mol. The number of benzene rings is 2. The molecule has 2 aliphatic heterocycles. The zero-order chi connectivity index (χ0) is 23.8. The van der Waals surface area contributed by atoms with E-state index >= 15 is 0 Å². The Morgan fingerprint density at radius 2 is 2.03 bits per heavy atom. The lowest BCUT2D eigenvalue weighted by Gasteiger charge is -2.28. The van der Waals surface area contributed by atoms with E-state index in [9.17, 15) is 9.90 Å². The van der Waals surface area contributed by atoms with Gasteiger partial charge in [0.25, 0.3) is 5.91 Å². The van der Waals surface area contributed by atoms with Crippen molar-refractivity contribution in [3.63, 3.8) is 0 Å². The summed E-state index contributed by atoms with van der Waals surface area (Å²) in [6.45, 7) is 5.49. The van der Waals surface area contributed by atoms with E-state index in [0.29, 0.717) is 30.9 Å². The van der Waals surface area contributed by atoms with Gasteiger partial charge >= 0.3 is 0 Å². The normalized spacial score (nSPS) is 19.5. The second-order valence-electron chi connectivity index (χ2n) is 9.30. The molecule has 0 radical (unpaired) electrons. The van der Waals surface area contributed by atoms with E-state index in [0.717, 1.165) is 40.8 Å². The summed E-state index contributed by atoms with van der Waals surface area (Å²) >= 11 is 0. The Balaban J connectivity index is 1.41. The molecular formula is C27H31N3O4. The molecule has 2 aromatic carbocycles.